The molecule has 0 bridgehead atoms. The normalized spacial score (nSPS) is 11.8. The van der Waals surface area contributed by atoms with E-state index in [2.05, 4.69) is 20.8 Å². The van der Waals surface area contributed by atoms with Gasteiger partial charge in [-0.2, -0.15) is 0 Å². The Bertz CT molecular complexity index is 125. The fourth-order valence-electron chi connectivity index (χ4n) is 1.99. The number of hydrogen-bond donors (Lipinski definition) is 2. The van der Waals surface area contributed by atoms with E-state index in [1.54, 1.807) is 0 Å². The zero-order valence-electron chi connectivity index (χ0n) is 13.7. The predicted molar refractivity (Wildman–Crippen MR) is 85.5 cm³/mol. The summed E-state index contributed by atoms with van der Waals surface area (Å²) in [4.78, 5) is 0. The summed E-state index contributed by atoms with van der Waals surface area (Å²) in [5.74, 6) is 0.560. The molecule has 0 heterocycles. The molecule has 19 heavy (non-hydrogen) atoms. The number of aliphatic hydroxyl groups excluding tert-OH is 2. The molecule has 0 rings (SSSR count). The van der Waals surface area contributed by atoms with E-state index in [1.807, 2.05) is 0 Å². The minimum Gasteiger partial charge on any atom is -0.396 e. The Morgan fingerprint density at radius 3 is 1.63 bits per heavy atom. The van der Waals surface area contributed by atoms with Crippen LogP contribution in [0.1, 0.15) is 91.4 Å². The van der Waals surface area contributed by atoms with Crippen LogP contribution in [0.2, 0.25) is 0 Å². The molecule has 0 amide bonds. The van der Waals surface area contributed by atoms with Crippen molar-refractivity contribution >= 4 is 0 Å². The number of rotatable bonds is 12. The van der Waals surface area contributed by atoms with Gasteiger partial charge in [-0.3, -0.25) is 0 Å². The van der Waals surface area contributed by atoms with Gasteiger partial charge in [0.2, 0.25) is 0 Å². The van der Waals surface area contributed by atoms with Gasteiger partial charge in [-0.1, -0.05) is 78.6 Å². The molecule has 2 N–H and O–H groups in total. The molecule has 0 aliphatic rings. The first kappa shape index (κ1) is 21.2. The summed E-state index contributed by atoms with van der Waals surface area (Å²) in [5.41, 5.74) is 0. The molecular weight excluding hydrogens is 236 g/mol. The summed E-state index contributed by atoms with van der Waals surface area (Å²) in [5, 5.41) is 17.2. The van der Waals surface area contributed by atoms with E-state index in [9.17, 15) is 0 Å². The Balaban J connectivity index is 0. The maximum absolute atomic E-state index is 8.75. The minimum atomic E-state index is 0.369. The number of unbranched alkanes of at least 4 members (excludes halogenated alkanes) is 7. The molecule has 118 valence electrons. The molecule has 0 spiro atoms. The maximum Gasteiger partial charge on any atom is 0.0459 e. The maximum atomic E-state index is 8.75. The molecule has 0 aliphatic carbocycles. The van der Waals surface area contributed by atoms with E-state index in [4.69, 9.17) is 10.2 Å². The second-order valence-corrected chi connectivity index (χ2v) is 5.44. The Kier molecular flexibility index (Phi) is 22.6. The van der Waals surface area contributed by atoms with Gasteiger partial charge in [0.1, 0.15) is 0 Å². The quantitative estimate of drug-likeness (QED) is 0.496. The summed E-state index contributed by atoms with van der Waals surface area (Å²) >= 11 is 0. The lowest BCUT2D eigenvalue weighted by atomic mass is 10.0. The summed E-state index contributed by atoms with van der Waals surface area (Å²) in [6, 6.07) is 0. The molecule has 0 aromatic heterocycles. The lowest BCUT2D eigenvalue weighted by Crippen LogP contribution is -2.03. The number of hydrogen-bond acceptors (Lipinski definition) is 2. The predicted octanol–water partition coefficient (Wildman–Crippen LogP) is 4.92. The first-order valence-corrected chi connectivity index (χ1v) is 8.48. The van der Waals surface area contributed by atoms with Gasteiger partial charge >= 0.3 is 0 Å². The van der Waals surface area contributed by atoms with Crippen LogP contribution in [-0.4, -0.2) is 23.4 Å². The molecule has 0 saturated carbocycles. The van der Waals surface area contributed by atoms with Crippen LogP contribution in [0, 0.1) is 5.92 Å². The standard InChI is InChI=1S/C9H20O.C8H18O/c1-2-3-4-5-6-7-8-9-10;1-3-5-6-8(4-2)7-9/h10H,2-9H2,1H3;8-9H,3-7H2,1-2H3. The van der Waals surface area contributed by atoms with Crippen molar-refractivity contribution in [3.05, 3.63) is 0 Å². The minimum absolute atomic E-state index is 0.369. The van der Waals surface area contributed by atoms with Crippen LogP contribution in [0.15, 0.2) is 0 Å². The van der Waals surface area contributed by atoms with Gasteiger partial charge < -0.3 is 10.2 Å². The van der Waals surface area contributed by atoms with Crippen molar-refractivity contribution in [1.29, 1.82) is 0 Å². The van der Waals surface area contributed by atoms with Crippen LogP contribution >= 0.6 is 0 Å². The highest BCUT2D eigenvalue weighted by atomic mass is 16.3. The van der Waals surface area contributed by atoms with Gasteiger partial charge in [0.25, 0.3) is 0 Å². The van der Waals surface area contributed by atoms with Gasteiger partial charge in [-0.05, 0) is 18.8 Å². The van der Waals surface area contributed by atoms with Gasteiger partial charge in [0.15, 0.2) is 0 Å². The van der Waals surface area contributed by atoms with Gasteiger partial charge in [0, 0.05) is 13.2 Å². The molecule has 0 saturated heterocycles. The highest BCUT2D eigenvalue weighted by Gasteiger charge is 2.01. The van der Waals surface area contributed by atoms with E-state index in [0.717, 1.165) is 12.8 Å². The summed E-state index contributed by atoms with van der Waals surface area (Å²) in [6.07, 6.45) is 13.8. The monoisotopic (exact) mass is 274 g/mol. The third-order valence-electron chi connectivity index (χ3n) is 3.56. The van der Waals surface area contributed by atoms with Crippen LogP contribution in [0.5, 0.6) is 0 Å². The zero-order chi connectivity index (χ0) is 14.8. The molecular formula is C17H38O2. The highest BCUT2D eigenvalue weighted by molar-refractivity contribution is 4.53. The molecule has 1 atom stereocenters. The van der Waals surface area contributed by atoms with E-state index in [1.165, 1.54) is 57.8 Å². The second kappa shape index (κ2) is 20.2. The third kappa shape index (κ3) is 20.4. The van der Waals surface area contributed by atoms with Crippen LogP contribution in [0.3, 0.4) is 0 Å². The molecule has 0 aliphatic heterocycles. The van der Waals surface area contributed by atoms with E-state index in [0.29, 0.717) is 19.1 Å². The molecule has 2 nitrogen and oxygen atoms in total. The topological polar surface area (TPSA) is 40.5 Å². The van der Waals surface area contributed by atoms with Gasteiger partial charge in [0.05, 0.1) is 0 Å². The van der Waals surface area contributed by atoms with Crippen molar-refractivity contribution < 1.29 is 10.2 Å². The lowest BCUT2D eigenvalue weighted by molar-refractivity contribution is 0.212. The summed E-state index contributed by atoms with van der Waals surface area (Å²) in [6.45, 7) is 7.29. The first-order chi connectivity index (χ1) is 9.26. The molecule has 0 radical (unpaired) electrons. The summed E-state index contributed by atoms with van der Waals surface area (Å²) in [7, 11) is 0. The van der Waals surface area contributed by atoms with Crippen LogP contribution in [-0.2, 0) is 0 Å². The van der Waals surface area contributed by atoms with Crippen molar-refractivity contribution in [2.24, 2.45) is 5.92 Å². The Labute approximate surface area is 121 Å². The average molecular weight is 274 g/mol. The largest absolute Gasteiger partial charge is 0.396 e. The Hall–Kier alpha value is -0.0800. The molecule has 0 aromatic carbocycles. The fraction of sp³-hybridized carbons (Fsp3) is 1.00. The lowest BCUT2D eigenvalue weighted by Gasteiger charge is -2.08. The fourth-order valence-corrected chi connectivity index (χ4v) is 1.99. The third-order valence-corrected chi connectivity index (χ3v) is 3.56. The first-order valence-electron chi connectivity index (χ1n) is 8.48. The average Bonchev–Trinajstić information content (AvgIpc) is 2.45. The second-order valence-electron chi connectivity index (χ2n) is 5.44. The van der Waals surface area contributed by atoms with Crippen molar-refractivity contribution in [3.63, 3.8) is 0 Å². The number of aliphatic hydroxyl groups is 2. The Morgan fingerprint density at radius 1 is 0.684 bits per heavy atom. The van der Waals surface area contributed by atoms with Gasteiger partial charge in [-0.15, -0.1) is 0 Å². The smallest absolute Gasteiger partial charge is 0.0459 e. The van der Waals surface area contributed by atoms with Crippen LogP contribution in [0.4, 0.5) is 0 Å². The highest BCUT2D eigenvalue weighted by Crippen LogP contribution is 2.10. The summed E-state index contributed by atoms with van der Waals surface area (Å²) < 4.78 is 0. The van der Waals surface area contributed by atoms with Crippen molar-refractivity contribution in [1.82, 2.24) is 0 Å². The van der Waals surface area contributed by atoms with Crippen LogP contribution < -0.4 is 0 Å². The SMILES string of the molecule is CCCCC(CC)CO.CCCCCCCCCO. The van der Waals surface area contributed by atoms with E-state index in [-0.39, 0.29) is 0 Å². The van der Waals surface area contributed by atoms with Crippen molar-refractivity contribution in [2.45, 2.75) is 91.4 Å². The van der Waals surface area contributed by atoms with Crippen molar-refractivity contribution in [3.8, 4) is 0 Å². The Morgan fingerprint density at radius 2 is 1.21 bits per heavy atom. The zero-order valence-corrected chi connectivity index (χ0v) is 13.7. The van der Waals surface area contributed by atoms with Crippen LogP contribution in [0.25, 0.3) is 0 Å². The van der Waals surface area contributed by atoms with E-state index < -0.39 is 0 Å². The molecule has 0 aromatic rings. The molecule has 1 unspecified atom stereocenters. The van der Waals surface area contributed by atoms with E-state index >= 15 is 0 Å². The molecule has 2 heteroatoms. The van der Waals surface area contributed by atoms with Crippen molar-refractivity contribution in [2.75, 3.05) is 13.2 Å². The van der Waals surface area contributed by atoms with Gasteiger partial charge in [-0.25, -0.2) is 0 Å². The molecule has 0 fully saturated rings.